The fraction of sp³-hybridized carbons (Fsp3) is 0.267. The molecule has 3 nitrogen and oxygen atoms in total. The monoisotopic (exact) mass is 270 g/mol. The number of aliphatic imine (C=N–C) groups is 1. The van der Waals surface area contributed by atoms with E-state index in [0.29, 0.717) is 5.75 Å². The van der Waals surface area contributed by atoms with Gasteiger partial charge in [0.2, 0.25) is 0 Å². The highest BCUT2D eigenvalue weighted by Gasteiger charge is 2.32. The lowest BCUT2D eigenvalue weighted by Gasteiger charge is -2.24. The van der Waals surface area contributed by atoms with Crippen LogP contribution in [-0.2, 0) is 0 Å². The first-order valence-corrected chi connectivity index (χ1v) is 7.33. The number of benzene rings is 2. The number of hydrogen-bond donors (Lipinski definition) is 1. The summed E-state index contributed by atoms with van der Waals surface area (Å²) in [6.07, 6.45) is 1.09. The van der Waals surface area contributed by atoms with E-state index in [4.69, 9.17) is 0 Å². The van der Waals surface area contributed by atoms with Gasteiger partial charge in [0.25, 0.3) is 0 Å². The minimum absolute atomic E-state index is 0.405. The summed E-state index contributed by atoms with van der Waals surface area (Å²) >= 11 is 1.69. The number of nitrogens with zero attached hydrogens (tertiary/aromatic N) is 2. The number of fused-ring (bicyclic) bond motifs is 5. The Bertz CT molecular complexity index is 724. The fourth-order valence-electron chi connectivity index (χ4n) is 2.87. The number of anilines is 1. The van der Waals surface area contributed by atoms with Gasteiger partial charge < -0.3 is 10.0 Å². The second-order valence-corrected chi connectivity index (χ2v) is 5.95. The Hall–Kier alpha value is -1.68. The molecule has 1 N–H and O–H groups in total. The molecule has 0 spiro atoms. The molecule has 0 amide bonds. The molecule has 4 heteroatoms. The number of phenols is 1. The van der Waals surface area contributed by atoms with Gasteiger partial charge >= 0.3 is 0 Å². The molecule has 0 saturated carbocycles. The van der Waals surface area contributed by atoms with Crippen molar-refractivity contribution >= 4 is 33.4 Å². The largest absolute Gasteiger partial charge is 0.507 e. The molecule has 0 radical (unpaired) electrons. The van der Waals surface area contributed by atoms with E-state index in [1.807, 2.05) is 25.1 Å². The quantitative estimate of drug-likeness (QED) is 0.795. The van der Waals surface area contributed by atoms with Crippen molar-refractivity contribution in [3.05, 3.63) is 29.8 Å². The molecule has 0 atom stereocenters. The van der Waals surface area contributed by atoms with Crippen molar-refractivity contribution in [2.24, 2.45) is 4.99 Å². The molecule has 2 aromatic rings. The molecule has 0 aromatic heterocycles. The summed E-state index contributed by atoms with van der Waals surface area (Å²) in [5, 5.41) is 13.5. The van der Waals surface area contributed by atoms with Crippen molar-refractivity contribution < 1.29 is 5.11 Å². The summed E-state index contributed by atoms with van der Waals surface area (Å²) in [6.45, 7) is 3.93. The van der Waals surface area contributed by atoms with Crippen molar-refractivity contribution in [2.75, 3.05) is 18.0 Å². The van der Waals surface area contributed by atoms with Crippen LogP contribution in [0.15, 0.2) is 34.2 Å². The molecular weight excluding hydrogens is 256 g/mol. The molecule has 0 aliphatic carbocycles. The van der Waals surface area contributed by atoms with Crippen LogP contribution in [0, 0.1) is 6.92 Å². The molecule has 0 saturated heterocycles. The van der Waals surface area contributed by atoms with Crippen LogP contribution in [0.2, 0.25) is 0 Å². The second-order valence-electron chi connectivity index (χ2n) is 4.97. The van der Waals surface area contributed by atoms with Gasteiger partial charge in [0.15, 0.2) is 5.17 Å². The van der Waals surface area contributed by atoms with Gasteiger partial charge in [-0.05, 0) is 25.1 Å². The van der Waals surface area contributed by atoms with Crippen molar-refractivity contribution in [1.29, 1.82) is 0 Å². The Morgan fingerprint density at radius 1 is 1.26 bits per heavy atom. The van der Waals surface area contributed by atoms with Crippen molar-refractivity contribution in [3.63, 3.8) is 0 Å². The maximum Gasteiger partial charge on any atom is 0.168 e. The van der Waals surface area contributed by atoms with E-state index in [-0.39, 0.29) is 0 Å². The third kappa shape index (κ3) is 1.43. The minimum atomic E-state index is 0.405. The van der Waals surface area contributed by atoms with Gasteiger partial charge in [0, 0.05) is 34.3 Å². The molecule has 2 aliphatic rings. The molecule has 0 bridgehead atoms. The predicted octanol–water partition coefficient (Wildman–Crippen LogP) is 3.53. The van der Waals surface area contributed by atoms with Gasteiger partial charge in [-0.1, -0.05) is 24.3 Å². The molecule has 19 heavy (non-hydrogen) atoms. The Balaban J connectivity index is 2.11. The number of hydrogen-bond acceptors (Lipinski definition) is 4. The van der Waals surface area contributed by atoms with Crippen LogP contribution >= 0.6 is 11.8 Å². The van der Waals surface area contributed by atoms with Gasteiger partial charge in [-0.3, -0.25) is 4.99 Å². The standard InChI is InChI=1S/C15H14N2OS/c1-9-13(18)11-6-3-2-5-10(11)12-14(9)19-15-16-7-4-8-17(12)15/h2-3,5-6,18H,4,7-8H2,1H3. The van der Waals surface area contributed by atoms with Crippen LogP contribution in [0.5, 0.6) is 5.75 Å². The normalized spacial score (nSPS) is 17.3. The highest BCUT2D eigenvalue weighted by Crippen LogP contribution is 2.50. The first kappa shape index (κ1) is 11.2. The maximum absolute atomic E-state index is 10.4. The topological polar surface area (TPSA) is 35.8 Å². The lowest BCUT2D eigenvalue weighted by molar-refractivity contribution is 0.476. The zero-order chi connectivity index (χ0) is 13.0. The molecular formula is C15H14N2OS. The van der Waals surface area contributed by atoms with Crippen molar-refractivity contribution in [1.82, 2.24) is 0 Å². The van der Waals surface area contributed by atoms with Gasteiger partial charge in [0.05, 0.1) is 5.69 Å². The molecule has 2 aromatic carbocycles. The van der Waals surface area contributed by atoms with Crippen molar-refractivity contribution in [2.45, 2.75) is 18.2 Å². The van der Waals surface area contributed by atoms with Crippen LogP contribution in [0.1, 0.15) is 12.0 Å². The van der Waals surface area contributed by atoms with Crippen LogP contribution in [-0.4, -0.2) is 23.4 Å². The maximum atomic E-state index is 10.4. The average Bonchev–Trinajstić information content (AvgIpc) is 2.84. The van der Waals surface area contributed by atoms with Gasteiger partial charge in [-0.2, -0.15) is 0 Å². The van der Waals surface area contributed by atoms with E-state index in [1.54, 1.807) is 11.8 Å². The molecule has 4 rings (SSSR count). The molecule has 2 heterocycles. The third-order valence-corrected chi connectivity index (χ3v) is 5.06. The number of phenolic OH excluding ortho intramolecular Hbond substituents is 1. The van der Waals surface area contributed by atoms with E-state index in [1.165, 1.54) is 5.69 Å². The van der Waals surface area contributed by atoms with Crippen LogP contribution in [0.3, 0.4) is 0 Å². The van der Waals surface area contributed by atoms with Crippen LogP contribution < -0.4 is 4.90 Å². The van der Waals surface area contributed by atoms with E-state index in [2.05, 4.69) is 16.0 Å². The zero-order valence-corrected chi connectivity index (χ0v) is 11.5. The summed E-state index contributed by atoms with van der Waals surface area (Å²) in [5.41, 5.74) is 2.20. The lowest BCUT2D eigenvalue weighted by Crippen LogP contribution is -2.30. The van der Waals surface area contributed by atoms with E-state index >= 15 is 0 Å². The Kier molecular flexibility index (Phi) is 2.30. The number of aromatic hydroxyl groups is 1. The highest BCUT2D eigenvalue weighted by atomic mass is 32.2. The number of amidine groups is 1. The molecule has 0 unspecified atom stereocenters. The summed E-state index contributed by atoms with van der Waals surface area (Å²) in [7, 11) is 0. The van der Waals surface area contributed by atoms with Crippen molar-refractivity contribution in [3.8, 4) is 5.75 Å². The smallest absolute Gasteiger partial charge is 0.168 e. The van der Waals surface area contributed by atoms with Gasteiger partial charge in [-0.25, -0.2) is 0 Å². The molecule has 2 aliphatic heterocycles. The summed E-state index contributed by atoms with van der Waals surface area (Å²) in [4.78, 5) is 8.08. The summed E-state index contributed by atoms with van der Waals surface area (Å²) < 4.78 is 0. The lowest BCUT2D eigenvalue weighted by atomic mass is 10.0. The highest BCUT2D eigenvalue weighted by molar-refractivity contribution is 8.14. The van der Waals surface area contributed by atoms with Crippen LogP contribution in [0.4, 0.5) is 5.69 Å². The average molecular weight is 270 g/mol. The first-order chi connectivity index (χ1) is 9.27. The van der Waals surface area contributed by atoms with Crippen LogP contribution in [0.25, 0.3) is 10.8 Å². The summed E-state index contributed by atoms with van der Waals surface area (Å²) in [5.74, 6) is 0.405. The minimum Gasteiger partial charge on any atom is -0.507 e. The predicted molar refractivity (Wildman–Crippen MR) is 80.5 cm³/mol. The van der Waals surface area contributed by atoms with Gasteiger partial charge in [0.1, 0.15) is 5.75 Å². The Morgan fingerprint density at radius 3 is 2.89 bits per heavy atom. The first-order valence-electron chi connectivity index (χ1n) is 6.51. The number of rotatable bonds is 0. The number of thioether (sulfide) groups is 1. The van der Waals surface area contributed by atoms with E-state index in [9.17, 15) is 5.11 Å². The summed E-state index contributed by atoms with van der Waals surface area (Å²) in [6, 6.07) is 8.08. The SMILES string of the molecule is Cc1c2c(c3ccccc3c1O)N1CCCN=C1S2. The molecule has 0 fully saturated rings. The Labute approximate surface area is 115 Å². The second kappa shape index (κ2) is 3.90. The third-order valence-electron chi connectivity index (χ3n) is 3.83. The van der Waals surface area contributed by atoms with E-state index < -0.39 is 0 Å². The molecule has 96 valence electrons. The fourth-order valence-corrected chi connectivity index (χ4v) is 4.07. The Morgan fingerprint density at radius 2 is 2.05 bits per heavy atom. The van der Waals surface area contributed by atoms with E-state index in [0.717, 1.165) is 45.9 Å². The van der Waals surface area contributed by atoms with Gasteiger partial charge in [-0.15, -0.1) is 0 Å². The zero-order valence-electron chi connectivity index (χ0n) is 10.7.